The predicted octanol–water partition coefficient (Wildman–Crippen LogP) is 2.03. The van der Waals surface area contributed by atoms with E-state index in [0.717, 1.165) is 6.42 Å². The van der Waals surface area contributed by atoms with E-state index in [4.69, 9.17) is 23.2 Å². The Balaban J connectivity index is 2.41. The van der Waals surface area contributed by atoms with Crippen molar-refractivity contribution in [2.45, 2.75) is 19.8 Å². The number of carbonyl (C=O) groups excluding carboxylic acids is 2. The maximum atomic E-state index is 11.8. The average Bonchev–Trinajstić information content (AvgIpc) is 2.35. The van der Waals surface area contributed by atoms with Gasteiger partial charge in [-0.05, 0) is 18.6 Å². The number of pyridine rings is 1. The van der Waals surface area contributed by atoms with Gasteiger partial charge in [0.1, 0.15) is 10.3 Å². The lowest BCUT2D eigenvalue weighted by atomic mass is 10.2. The second-order valence-electron chi connectivity index (χ2n) is 3.86. The first kappa shape index (κ1) is 15.7. The third-order valence-electron chi connectivity index (χ3n) is 2.23. The highest BCUT2D eigenvalue weighted by Crippen LogP contribution is 2.14. The molecule has 5 nitrogen and oxygen atoms in total. The van der Waals surface area contributed by atoms with E-state index < -0.39 is 0 Å². The number of hydrogen-bond acceptors (Lipinski definition) is 3. The van der Waals surface area contributed by atoms with Gasteiger partial charge in [0.05, 0.1) is 0 Å². The molecule has 19 heavy (non-hydrogen) atoms. The van der Waals surface area contributed by atoms with Gasteiger partial charge in [-0.1, -0.05) is 30.1 Å². The van der Waals surface area contributed by atoms with E-state index >= 15 is 0 Å². The molecular formula is C12H15Cl2N3O2. The van der Waals surface area contributed by atoms with Crippen LogP contribution in [0.15, 0.2) is 12.1 Å². The van der Waals surface area contributed by atoms with E-state index in [-0.39, 0.29) is 35.1 Å². The van der Waals surface area contributed by atoms with Crippen LogP contribution in [0, 0.1) is 0 Å². The van der Waals surface area contributed by atoms with Crippen molar-refractivity contribution in [2.75, 3.05) is 13.1 Å². The van der Waals surface area contributed by atoms with Crippen LogP contribution in [-0.4, -0.2) is 29.9 Å². The summed E-state index contributed by atoms with van der Waals surface area (Å²) in [6, 6.07) is 2.83. The third kappa shape index (κ3) is 5.89. The van der Waals surface area contributed by atoms with Crippen LogP contribution in [0.3, 0.4) is 0 Å². The van der Waals surface area contributed by atoms with Crippen LogP contribution >= 0.6 is 23.2 Å². The van der Waals surface area contributed by atoms with Crippen molar-refractivity contribution in [3.8, 4) is 0 Å². The Labute approximate surface area is 121 Å². The van der Waals surface area contributed by atoms with Gasteiger partial charge in [0.2, 0.25) is 5.91 Å². The molecule has 1 aromatic rings. The minimum Gasteiger partial charge on any atom is -0.356 e. The Bertz CT molecular complexity index is 446. The van der Waals surface area contributed by atoms with Gasteiger partial charge in [-0.3, -0.25) is 9.59 Å². The van der Waals surface area contributed by atoms with Crippen LogP contribution in [0.1, 0.15) is 30.1 Å². The van der Waals surface area contributed by atoms with Crippen molar-refractivity contribution in [3.63, 3.8) is 0 Å². The Kier molecular flexibility index (Phi) is 6.59. The highest BCUT2D eigenvalue weighted by molar-refractivity contribution is 6.33. The molecule has 7 heteroatoms. The van der Waals surface area contributed by atoms with Crippen LogP contribution in [0.2, 0.25) is 10.3 Å². The maximum Gasteiger partial charge on any atom is 0.251 e. The molecule has 0 fully saturated rings. The third-order valence-corrected chi connectivity index (χ3v) is 2.62. The van der Waals surface area contributed by atoms with Gasteiger partial charge in [-0.15, -0.1) is 0 Å². The lowest BCUT2D eigenvalue weighted by Crippen LogP contribution is -2.31. The standard InChI is InChI=1S/C12H15Cl2N3O2/c1-2-4-15-11(18)3-5-16-12(19)8-6-9(13)17-10(14)7-8/h6-7H,2-5H2,1H3,(H,15,18)(H,16,19). The summed E-state index contributed by atoms with van der Waals surface area (Å²) in [7, 11) is 0. The number of nitrogens with one attached hydrogen (secondary N) is 2. The molecule has 1 heterocycles. The molecule has 0 spiro atoms. The van der Waals surface area contributed by atoms with Crippen molar-refractivity contribution >= 4 is 35.0 Å². The minimum atomic E-state index is -0.338. The van der Waals surface area contributed by atoms with Gasteiger partial charge < -0.3 is 10.6 Å². The fourth-order valence-corrected chi connectivity index (χ4v) is 1.80. The summed E-state index contributed by atoms with van der Waals surface area (Å²) < 4.78 is 0. The van der Waals surface area contributed by atoms with E-state index in [1.807, 2.05) is 6.92 Å². The summed E-state index contributed by atoms with van der Waals surface area (Å²) in [6.07, 6.45) is 1.12. The Morgan fingerprint density at radius 3 is 2.37 bits per heavy atom. The first-order valence-corrected chi connectivity index (χ1v) is 6.66. The molecule has 0 saturated heterocycles. The SMILES string of the molecule is CCCNC(=O)CCNC(=O)c1cc(Cl)nc(Cl)c1. The molecule has 0 aliphatic rings. The largest absolute Gasteiger partial charge is 0.356 e. The molecule has 2 amide bonds. The first-order valence-electron chi connectivity index (χ1n) is 5.91. The number of nitrogens with zero attached hydrogens (tertiary/aromatic N) is 1. The van der Waals surface area contributed by atoms with Crippen molar-refractivity contribution in [3.05, 3.63) is 28.0 Å². The van der Waals surface area contributed by atoms with Crippen molar-refractivity contribution in [1.29, 1.82) is 0 Å². The molecule has 1 rings (SSSR count). The van der Waals surface area contributed by atoms with Gasteiger partial charge >= 0.3 is 0 Å². The molecule has 0 saturated carbocycles. The molecule has 0 aliphatic heterocycles. The molecule has 104 valence electrons. The molecule has 1 aromatic heterocycles. The predicted molar refractivity (Wildman–Crippen MR) is 74.5 cm³/mol. The quantitative estimate of drug-likeness (QED) is 0.790. The van der Waals surface area contributed by atoms with Gasteiger partial charge in [0.25, 0.3) is 5.91 Å². The van der Waals surface area contributed by atoms with Gasteiger partial charge in [-0.25, -0.2) is 4.98 Å². The summed E-state index contributed by atoms with van der Waals surface area (Å²) in [5.41, 5.74) is 0.318. The second kappa shape index (κ2) is 7.96. The molecule has 0 aromatic carbocycles. The Morgan fingerprint density at radius 1 is 1.16 bits per heavy atom. The van der Waals surface area contributed by atoms with Crippen LogP contribution in [-0.2, 0) is 4.79 Å². The van der Waals surface area contributed by atoms with Crippen LogP contribution in [0.25, 0.3) is 0 Å². The molecule has 0 unspecified atom stereocenters. The van der Waals surface area contributed by atoms with E-state index in [9.17, 15) is 9.59 Å². The number of aromatic nitrogens is 1. The van der Waals surface area contributed by atoms with Crippen LogP contribution < -0.4 is 10.6 Å². The number of amides is 2. The molecule has 0 bridgehead atoms. The molecule has 0 aliphatic carbocycles. The number of hydrogen-bond donors (Lipinski definition) is 2. The zero-order chi connectivity index (χ0) is 14.3. The van der Waals surface area contributed by atoms with E-state index in [2.05, 4.69) is 15.6 Å². The van der Waals surface area contributed by atoms with E-state index in [1.165, 1.54) is 12.1 Å². The van der Waals surface area contributed by atoms with Crippen molar-refractivity contribution in [2.24, 2.45) is 0 Å². The van der Waals surface area contributed by atoms with Crippen LogP contribution in [0.4, 0.5) is 0 Å². The molecule has 0 radical (unpaired) electrons. The monoisotopic (exact) mass is 303 g/mol. The van der Waals surface area contributed by atoms with Crippen molar-refractivity contribution in [1.82, 2.24) is 15.6 Å². The molecule has 0 atom stereocenters. The lowest BCUT2D eigenvalue weighted by Gasteiger charge is -2.06. The summed E-state index contributed by atoms with van der Waals surface area (Å²) >= 11 is 11.4. The fourth-order valence-electron chi connectivity index (χ4n) is 1.34. The number of rotatable bonds is 6. The fraction of sp³-hybridized carbons (Fsp3) is 0.417. The highest BCUT2D eigenvalue weighted by atomic mass is 35.5. The summed E-state index contributed by atoms with van der Waals surface area (Å²) in [6.45, 7) is 2.87. The Morgan fingerprint density at radius 2 is 1.79 bits per heavy atom. The molecule has 2 N–H and O–H groups in total. The van der Waals surface area contributed by atoms with Crippen LogP contribution in [0.5, 0.6) is 0 Å². The first-order chi connectivity index (χ1) is 9.02. The average molecular weight is 304 g/mol. The summed E-state index contributed by atoms with van der Waals surface area (Å²) in [5, 5.41) is 5.64. The zero-order valence-corrected chi connectivity index (χ0v) is 12.0. The Hall–Kier alpha value is -1.33. The summed E-state index contributed by atoms with van der Waals surface area (Å²) in [4.78, 5) is 26.8. The smallest absolute Gasteiger partial charge is 0.251 e. The lowest BCUT2D eigenvalue weighted by molar-refractivity contribution is -0.120. The highest BCUT2D eigenvalue weighted by Gasteiger charge is 2.09. The van der Waals surface area contributed by atoms with Crippen molar-refractivity contribution < 1.29 is 9.59 Å². The van der Waals surface area contributed by atoms with E-state index in [0.29, 0.717) is 12.1 Å². The normalized spacial score (nSPS) is 10.1. The minimum absolute atomic E-state index is 0.0899. The van der Waals surface area contributed by atoms with Gasteiger partial charge in [0, 0.05) is 25.1 Å². The topological polar surface area (TPSA) is 71.1 Å². The molecular weight excluding hydrogens is 289 g/mol. The number of carbonyl (C=O) groups is 2. The summed E-state index contributed by atoms with van der Waals surface area (Å²) in [5.74, 6) is -0.428. The zero-order valence-electron chi connectivity index (χ0n) is 10.5. The van der Waals surface area contributed by atoms with Gasteiger partial charge in [0.15, 0.2) is 0 Å². The van der Waals surface area contributed by atoms with Gasteiger partial charge in [-0.2, -0.15) is 0 Å². The van der Waals surface area contributed by atoms with E-state index in [1.54, 1.807) is 0 Å². The second-order valence-corrected chi connectivity index (χ2v) is 4.63. The maximum absolute atomic E-state index is 11.8. The number of halogens is 2.